The largest absolute Gasteiger partial charge is 0.481 e. The van der Waals surface area contributed by atoms with Crippen LogP contribution in [0.1, 0.15) is 12.0 Å². The molecule has 0 radical (unpaired) electrons. The Bertz CT molecular complexity index is 1340. The molecule has 0 amide bonds. The molecule has 0 atom stereocenters. The van der Waals surface area contributed by atoms with Crippen molar-refractivity contribution in [1.29, 1.82) is 0 Å². The number of carboxylic acid groups (broad SMARTS) is 1. The molecule has 0 saturated carbocycles. The van der Waals surface area contributed by atoms with E-state index in [-0.39, 0.29) is 6.42 Å². The standard InChI is InChI=1S/C23H21N3O4S/c1-31(29,30)26-19-9-7-16(8-10-19)18-12-20-21(14-25-23(20)24-13-18)17-5-2-15(3-6-17)4-11-22(27)28/h2-3,5-10,12-14,26H,4,11H2,1H3,(H,24,25)(H,27,28). The first kappa shape index (κ1) is 20.6. The Morgan fingerprint density at radius 1 is 1.03 bits per heavy atom. The van der Waals surface area contributed by atoms with E-state index >= 15 is 0 Å². The van der Waals surface area contributed by atoms with Crippen molar-refractivity contribution in [2.45, 2.75) is 12.8 Å². The molecule has 31 heavy (non-hydrogen) atoms. The molecule has 158 valence electrons. The quantitative estimate of drug-likeness (QED) is 0.401. The van der Waals surface area contributed by atoms with Crippen LogP contribution in [0.15, 0.2) is 67.0 Å². The van der Waals surface area contributed by atoms with Gasteiger partial charge in [0, 0.05) is 41.0 Å². The molecule has 0 unspecified atom stereocenters. The zero-order valence-electron chi connectivity index (χ0n) is 16.8. The molecular formula is C23H21N3O4S. The third-order valence-electron chi connectivity index (χ3n) is 4.95. The van der Waals surface area contributed by atoms with Gasteiger partial charge < -0.3 is 10.1 Å². The molecule has 0 bridgehead atoms. The Kier molecular flexibility index (Phi) is 5.48. The number of hydrogen-bond acceptors (Lipinski definition) is 4. The number of fused-ring (bicyclic) bond motifs is 1. The van der Waals surface area contributed by atoms with Gasteiger partial charge in [0.15, 0.2) is 0 Å². The summed E-state index contributed by atoms with van der Waals surface area (Å²) in [5.74, 6) is -0.806. The second-order valence-electron chi connectivity index (χ2n) is 7.36. The second kappa shape index (κ2) is 8.23. The molecule has 8 heteroatoms. The van der Waals surface area contributed by atoms with Gasteiger partial charge in [-0.2, -0.15) is 0 Å². The molecule has 3 N–H and O–H groups in total. The first-order valence-corrected chi connectivity index (χ1v) is 11.5. The number of nitrogens with zero attached hydrogens (tertiary/aromatic N) is 1. The third-order valence-corrected chi connectivity index (χ3v) is 5.55. The summed E-state index contributed by atoms with van der Waals surface area (Å²) in [4.78, 5) is 18.5. The van der Waals surface area contributed by atoms with E-state index in [1.165, 1.54) is 0 Å². The van der Waals surface area contributed by atoms with E-state index in [1.807, 2.05) is 48.7 Å². The summed E-state index contributed by atoms with van der Waals surface area (Å²) in [5.41, 5.74) is 6.10. The predicted molar refractivity (Wildman–Crippen MR) is 121 cm³/mol. The van der Waals surface area contributed by atoms with Gasteiger partial charge in [-0.1, -0.05) is 36.4 Å². The monoisotopic (exact) mass is 435 g/mol. The highest BCUT2D eigenvalue weighted by atomic mass is 32.2. The molecule has 4 rings (SSSR count). The van der Waals surface area contributed by atoms with Crippen LogP contribution in [0.25, 0.3) is 33.3 Å². The maximum Gasteiger partial charge on any atom is 0.303 e. The number of nitrogens with one attached hydrogen (secondary N) is 2. The summed E-state index contributed by atoms with van der Waals surface area (Å²) in [6.45, 7) is 0. The number of aliphatic carboxylic acids is 1. The van der Waals surface area contributed by atoms with E-state index < -0.39 is 16.0 Å². The van der Waals surface area contributed by atoms with Gasteiger partial charge in [-0.25, -0.2) is 13.4 Å². The van der Waals surface area contributed by atoms with Crippen LogP contribution in [0.2, 0.25) is 0 Å². The smallest absolute Gasteiger partial charge is 0.303 e. The van der Waals surface area contributed by atoms with Gasteiger partial charge in [-0.05, 0) is 41.3 Å². The lowest BCUT2D eigenvalue weighted by Gasteiger charge is -2.07. The fourth-order valence-electron chi connectivity index (χ4n) is 3.45. The van der Waals surface area contributed by atoms with Crippen molar-refractivity contribution >= 4 is 32.7 Å². The summed E-state index contributed by atoms with van der Waals surface area (Å²) in [6, 6.07) is 17.0. The highest BCUT2D eigenvalue weighted by Gasteiger charge is 2.10. The van der Waals surface area contributed by atoms with Crippen LogP contribution in [0.4, 0.5) is 5.69 Å². The second-order valence-corrected chi connectivity index (χ2v) is 9.11. The zero-order valence-corrected chi connectivity index (χ0v) is 17.6. The number of carbonyl (C=O) groups is 1. The molecule has 0 aliphatic heterocycles. The Labute approximate surface area is 179 Å². The molecule has 2 aromatic carbocycles. The van der Waals surface area contributed by atoms with Gasteiger partial charge in [0.25, 0.3) is 0 Å². The Morgan fingerprint density at radius 3 is 2.35 bits per heavy atom. The van der Waals surface area contributed by atoms with Gasteiger partial charge >= 0.3 is 5.97 Å². The summed E-state index contributed by atoms with van der Waals surface area (Å²) in [5, 5.41) is 9.81. The number of aromatic amines is 1. The van der Waals surface area contributed by atoms with Crippen molar-refractivity contribution in [2.24, 2.45) is 0 Å². The average Bonchev–Trinajstić information content (AvgIpc) is 3.15. The number of H-pyrrole nitrogens is 1. The Balaban J connectivity index is 1.63. The molecular weight excluding hydrogens is 414 g/mol. The predicted octanol–water partition coefficient (Wildman–Crippen LogP) is 4.29. The van der Waals surface area contributed by atoms with Crippen molar-refractivity contribution in [3.8, 4) is 22.3 Å². The SMILES string of the molecule is CS(=O)(=O)Nc1ccc(-c2cnc3[nH]cc(-c4ccc(CCC(=O)O)cc4)c3c2)cc1. The number of anilines is 1. The Hall–Kier alpha value is -3.65. The fourth-order valence-corrected chi connectivity index (χ4v) is 4.01. The maximum atomic E-state index is 11.4. The van der Waals surface area contributed by atoms with Crippen LogP contribution in [-0.4, -0.2) is 35.7 Å². The highest BCUT2D eigenvalue weighted by molar-refractivity contribution is 7.92. The molecule has 4 aromatic rings. The van der Waals surface area contributed by atoms with Gasteiger partial charge in [0.05, 0.1) is 6.26 Å². The van der Waals surface area contributed by atoms with Crippen LogP contribution in [-0.2, 0) is 21.2 Å². The summed E-state index contributed by atoms with van der Waals surface area (Å²) < 4.78 is 25.2. The van der Waals surface area contributed by atoms with E-state index in [0.29, 0.717) is 12.1 Å². The number of rotatable bonds is 7. The first-order chi connectivity index (χ1) is 14.8. The lowest BCUT2D eigenvalue weighted by Crippen LogP contribution is -2.09. The van der Waals surface area contributed by atoms with Gasteiger partial charge in [-0.15, -0.1) is 0 Å². The van der Waals surface area contributed by atoms with Crippen LogP contribution >= 0.6 is 0 Å². The molecule has 0 saturated heterocycles. The normalized spacial score (nSPS) is 11.5. The minimum Gasteiger partial charge on any atom is -0.481 e. The van der Waals surface area contributed by atoms with Crippen LogP contribution < -0.4 is 4.72 Å². The van der Waals surface area contributed by atoms with Crippen LogP contribution in [0.3, 0.4) is 0 Å². The molecule has 0 spiro atoms. The first-order valence-electron chi connectivity index (χ1n) is 9.65. The molecule has 0 aliphatic carbocycles. The minimum absolute atomic E-state index is 0.109. The van der Waals surface area contributed by atoms with Gasteiger partial charge in [0.2, 0.25) is 10.0 Å². The molecule has 2 heterocycles. The molecule has 7 nitrogen and oxygen atoms in total. The topological polar surface area (TPSA) is 112 Å². The maximum absolute atomic E-state index is 11.4. The van der Waals surface area contributed by atoms with Gasteiger partial charge in [0.1, 0.15) is 5.65 Å². The number of sulfonamides is 1. The van der Waals surface area contributed by atoms with E-state index in [4.69, 9.17) is 5.11 Å². The minimum atomic E-state index is -3.32. The van der Waals surface area contributed by atoms with Crippen molar-refractivity contribution in [3.63, 3.8) is 0 Å². The lowest BCUT2D eigenvalue weighted by atomic mass is 10.0. The molecule has 2 aromatic heterocycles. The highest BCUT2D eigenvalue weighted by Crippen LogP contribution is 2.31. The van der Waals surface area contributed by atoms with Crippen LogP contribution in [0.5, 0.6) is 0 Å². The van der Waals surface area contributed by atoms with Crippen molar-refractivity contribution < 1.29 is 18.3 Å². The number of carboxylic acids is 1. The number of aryl methyl sites for hydroxylation is 1. The lowest BCUT2D eigenvalue weighted by molar-refractivity contribution is -0.136. The zero-order chi connectivity index (χ0) is 22.0. The number of benzene rings is 2. The summed E-state index contributed by atoms with van der Waals surface area (Å²) >= 11 is 0. The van der Waals surface area contributed by atoms with Gasteiger partial charge in [-0.3, -0.25) is 9.52 Å². The number of pyridine rings is 1. The fraction of sp³-hybridized carbons (Fsp3) is 0.130. The van der Waals surface area contributed by atoms with E-state index in [9.17, 15) is 13.2 Å². The van der Waals surface area contributed by atoms with Crippen molar-refractivity contribution in [1.82, 2.24) is 9.97 Å². The third kappa shape index (κ3) is 4.92. The van der Waals surface area contributed by atoms with E-state index in [1.54, 1.807) is 18.3 Å². The molecule has 0 aliphatic rings. The van der Waals surface area contributed by atoms with Crippen molar-refractivity contribution in [3.05, 3.63) is 72.6 Å². The summed E-state index contributed by atoms with van der Waals surface area (Å²) in [6.07, 6.45) is 5.41. The summed E-state index contributed by atoms with van der Waals surface area (Å²) in [7, 11) is -3.32. The molecule has 0 fully saturated rings. The average molecular weight is 436 g/mol. The van der Waals surface area contributed by atoms with Crippen LogP contribution in [0, 0.1) is 0 Å². The number of aromatic nitrogens is 2. The van der Waals surface area contributed by atoms with E-state index in [2.05, 4.69) is 14.7 Å². The van der Waals surface area contributed by atoms with Crippen molar-refractivity contribution in [2.75, 3.05) is 11.0 Å². The number of hydrogen-bond donors (Lipinski definition) is 3. The van der Waals surface area contributed by atoms with E-state index in [0.717, 1.165) is 45.1 Å². The Morgan fingerprint density at radius 2 is 1.71 bits per heavy atom.